The predicted octanol–water partition coefficient (Wildman–Crippen LogP) is 0.307. The van der Waals surface area contributed by atoms with E-state index in [9.17, 15) is 9.90 Å². The van der Waals surface area contributed by atoms with Gasteiger partial charge >= 0.3 is 0 Å². The first-order valence-corrected chi connectivity index (χ1v) is 6.28. The highest BCUT2D eigenvalue weighted by atomic mass is 16.3. The molecular formula is C14H22N2O3. The van der Waals surface area contributed by atoms with Crippen molar-refractivity contribution in [2.75, 3.05) is 18.9 Å². The Bertz CT molecular complexity index is 415. The molecule has 0 aliphatic carbocycles. The van der Waals surface area contributed by atoms with Crippen molar-refractivity contribution in [3.8, 4) is 0 Å². The molecule has 0 spiro atoms. The van der Waals surface area contributed by atoms with Gasteiger partial charge in [0.1, 0.15) is 6.10 Å². The molecule has 0 bridgehead atoms. The van der Waals surface area contributed by atoms with Crippen molar-refractivity contribution in [1.82, 2.24) is 5.32 Å². The molecule has 106 valence electrons. The SMILES string of the molecule is CC(C)(CO)[C@@H](O)C(=O)NCCc1ccc(N)cc1. The average molecular weight is 266 g/mol. The first-order chi connectivity index (χ1) is 8.86. The van der Waals surface area contributed by atoms with Gasteiger partial charge in [-0.05, 0) is 24.1 Å². The molecule has 5 heteroatoms. The Morgan fingerprint density at radius 3 is 2.47 bits per heavy atom. The molecular weight excluding hydrogens is 244 g/mol. The highest BCUT2D eigenvalue weighted by Crippen LogP contribution is 2.19. The van der Waals surface area contributed by atoms with Crippen molar-refractivity contribution in [2.45, 2.75) is 26.4 Å². The van der Waals surface area contributed by atoms with Gasteiger partial charge in [-0.2, -0.15) is 0 Å². The predicted molar refractivity (Wildman–Crippen MR) is 74.4 cm³/mol. The molecule has 0 saturated heterocycles. The van der Waals surface area contributed by atoms with Crippen LogP contribution in [0, 0.1) is 5.41 Å². The minimum atomic E-state index is -1.22. The standard InChI is InChI=1S/C14H22N2O3/c1-14(2,9-17)12(18)13(19)16-8-7-10-3-5-11(15)6-4-10/h3-6,12,17-18H,7-9,15H2,1-2H3,(H,16,19)/t12-/m0/s1. The zero-order chi connectivity index (χ0) is 14.5. The van der Waals surface area contributed by atoms with E-state index < -0.39 is 17.4 Å². The lowest BCUT2D eigenvalue weighted by Gasteiger charge is -2.27. The second kappa shape index (κ2) is 6.54. The lowest BCUT2D eigenvalue weighted by atomic mass is 9.87. The summed E-state index contributed by atoms with van der Waals surface area (Å²) in [4.78, 5) is 11.7. The first kappa shape index (κ1) is 15.5. The Hall–Kier alpha value is -1.59. The molecule has 0 unspecified atom stereocenters. The Labute approximate surface area is 113 Å². The normalized spacial score (nSPS) is 13.1. The van der Waals surface area contributed by atoms with Gasteiger partial charge in [-0.25, -0.2) is 0 Å². The van der Waals surface area contributed by atoms with Crippen LogP contribution in [0.3, 0.4) is 0 Å². The van der Waals surface area contributed by atoms with Gasteiger partial charge in [-0.1, -0.05) is 26.0 Å². The number of aliphatic hydroxyl groups is 2. The van der Waals surface area contributed by atoms with Crippen LogP contribution in [-0.4, -0.2) is 35.4 Å². The van der Waals surface area contributed by atoms with Crippen molar-refractivity contribution in [3.63, 3.8) is 0 Å². The van der Waals surface area contributed by atoms with Crippen LogP contribution < -0.4 is 11.1 Å². The topological polar surface area (TPSA) is 95.6 Å². The molecule has 1 aromatic rings. The minimum absolute atomic E-state index is 0.250. The number of hydrogen-bond donors (Lipinski definition) is 4. The zero-order valence-electron chi connectivity index (χ0n) is 11.4. The molecule has 0 aromatic heterocycles. The summed E-state index contributed by atoms with van der Waals surface area (Å²) < 4.78 is 0. The van der Waals surface area contributed by atoms with E-state index in [-0.39, 0.29) is 6.61 Å². The summed E-state index contributed by atoms with van der Waals surface area (Å²) in [7, 11) is 0. The molecule has 1 aromatic carbocycles. The molecule has 0 fully saturated rings. The molecule has 1 amide bonds. The number of benzene rings is 1. The third kappa shape index (κ3) is 4.54. The van der Waals surface area contributed by atoms with Crippen molar-refractivity contribution in [2.24, 2.45) is 5.41 Å². The molecule has 0 heterocycles. The van der Waals surface area contributed by atoms with E-state index >= 15 is 0 Å². The number of carbonyl (C=O) groups is 1. The molecule has 0 radical (unpaired) electrons. The summed E-state index contributed by atoms with van der Waals surface area (Å²) in [6.45, 7) is 3.45. The number of nitrogens with two attached hydrogens (primary N) is 1. The van der Waals surface area contributed by atoms with Crippen LogP contribution >= 0.6 is 0 Å². The number of amides is 1. The van der Waals surface area contributed by atoms with Gasteiger partial charge in [-0.3, -0.25) is 4.79 Å². The fourth-order valence-corrected chi connectivity index (χ4v) is 1.55. The number of aliphatic hydroxyl groups excluding tert-OH is 2. The molecule has 5 nitrogen and oxygen atoms in total. The number of rotatable bonds is 6. The maximum atomic E-state index is 11.7. The van der Waals surface area contributed by atoms with Crippen LogP contribution in [-0.2, 0) is 11.2 Å². The van der Waals surface area contributed by atoms with Gasteiger partial charge in [0.05, 0.1) is 6.61 Å². The number of nitrogen functional groups attached to an aromatic ring is 1. The second-order valence-electron chi connectivity index (χ2n) is 5.33. The first-order valence-electron chi connectivity index (χ1n) is 6.28. The maximum absolute atomic E-state index is 11.7. The van der Waals surface area contributed by atoms with Crippen LogP contribution in [0.1, 0.15) is 19.4 Å². The van der Waals surface area contributed by atoms with Crippen molar-refractivity contribution in [3.05, 3.63) is 29.8 Å². The zero-order valence-corrected chi connectivity index (χ0v) is 11.4. The third-order valence-corrected chi connectivity index (χ3v) is 3.09. The van der Waals surface area contributed by atoms with E-state index in [1.54, 1.807) is 26.0 Å². The molecule has 5 N–H and O–H groups in total. The van der Waals surface area contributed by atoms with Gasteiger partial charge < -0.3 is 21.3 Å². The summed E-state index contributed by atoms with van der Waals surface area (Å²) in [6, 6.07) is 7.41. The second-order valence-corrected chi connectivity index (χ2v) is 5.33. The lowest BCUT2D eigenvalue weighted by molar-refractivity contribution is -0.137. The summed E-state index contributed by atoms with van der Waals surface area (Å²) in [5, 5.41) is 21.5. The van der Waals surface area contributed by atoms with E-state index in [1.807, 2.05) is 12.1 Å². The fraction of sp³-hybridized carbons (Fsp3) is 0.500. The largest absolute Gasteiger partial charge is 0.399 e. The van der Waals surface area contributed by atoms with Crippen molar-refractivity contribution >= 4 is 11.6 Å². The minimum Gasteiger partial charge on any atom is -0.399 e. The maximum Gasteiger partial charge on any atom is 0.249 e. The van der Waals surface area contributed by atoms with Crippen molar-refractivity contribution in [1.29, 1.82) is 0 Å². The summed E-state index contributed by atoms with van der Waals surface area (Å²) >= 11 is 0. The van der Waals surface area contributed by atoms with E-state index in [0.717, 1.165) is 5.56 Å². The highest BCUT2D eigenvalue weighted by molar-refractivity contribution is 5.81. The molecule has 1 atom stereocenters. The molecule has 1 rings (SSSR count). The lowest BCUT2D eigenvalue weighted by Crippen LogP contribution is -2.46. The Morgan fingerprint density at radius 2 is 1.95 bits per heavy atom. The third-order valence-electron chi connectivity index (χ3n) is 3.09. The van der Waals surface area contributed by atoms with Gasteiger partial charge in [-0.15, -0.1) is 0 Å². The van der Waals surface area contributed by atoms with E-state index in [4.69, 9.17) is 10.8 Å². The van der Waals surface area contributed by atoms with Gasteiger partial charge in [0.25, 0.3) is 0 Å². The summed E-state index contributed by atoms with van der Waals surface area (Å²) in [6.07, 6.45) is -0.554. The molecule has 0 aliphatic heterocycles. The van der Waals surface area contributed by atoms with E-state index in [2.05, 4.69) is 5.32 Å². The van der Waals surface area contributed by atoms with Crippen LogP contribution in [0.5, 0.6) is 0 Å². The van der Waals surface area contributed by atoms with Gasteiger partial charge in [0, 0.05) is 17.6 Å². The van der Waals surface area contributed by atoms with Gasteiger partial charge in [0.2, 0.25) is 5.91 Å². The Morgan fingerprint density at radius 1 is 1.37 bits per heavy atom. The summed E-state index contributed by atoms with van der Waals surface area (Å²) in [5.74, 6) is -0.463. The molecule has 19 heavy (non-hydrogen) atoms. The van der Waals surface area contributed by atoms with Gasteiger partial charge in [0.15, 0.2) is 0 Å². The van der Waals surface area contributed by atoms with Crippen LogP contribution in [0.4, 0.5) is 5.69 Å². The van der Waals surface area contributed by atoms with Crippen LogP contribution in [0.2, 0.25) is 0 Å². The Balaban J connectivity index is 2.41. The number of hydrogen-bond acceptors (Lipinski definition) is 4. The van der Waals surface area contributed by atoms with Crippen molar-refractivity contribution < 1.29 is 15.0 Å². The highest BCUT2D eigenvalue weighted by Gasteiger charge is 2.32. The quantitative estimate of drug-likeness (QED) is 0.557. The molecule has 0 aliphatic rings. The average Bonchev–Trinajstić information content (AvgIpc) is 2.40. The number of nitrogens with one attached hydrogen (secondary N) is 1. The summed E-state index contributed by atoms with van der Waals surface area (Å²) in [5.41, 5.74) is 6.50. The molecule has 0 saturated carbocycles. The van der Waals surface area contributed by atoms with E-state index in [1.165, 1.54) is 0 Å². The smallest absolute Gasteiger partial charge is 0.249 e. The van der Waals surface area contributed by atoms with Crippen LogP contribution in [0.25, 0.3) is 0 Å². The monoisotopic (exact) mass is 266 g/mol. The Kier molecular flexibility index (Phi) is 5.32. The number of anilines is 1. The number of carbonyl (C=O) groups excluding carboxylic acids is 1. The fourth-order valence-electron chi connectivity index (χ4n) is 1.55. The van der Waals surface area contributed by atoms with E-state index in [0.29, 0.717) is 18.7 Å². The van der Waals surface area contributed by atoms with Crippen LogP contribution in [0.15, 0.2) is 24.3 Å².